The Labute approximate surface area is 113 Å². The summed E-state index contributed by atoms with van der Waals surface area (Å²) in [7, 11) is 5.38. The van der Waals surface area contributed by atoms with E-state index < -0.39 is 11.7 Å². The van der Waals surface area contributed by atoms with Crippen LogP contribution in [-0.2, 0) is 6.42 Å². The van der Waals surface area contributed by atoms with E-state index in [-0.39, 0.29) is 11.6 Å². The number of halogens is 1. The third-order valence-corrected chi connectivity index (χ3v) is 3.43. The predicted molar refractivity (Wildman–Crippen MR) is 74.8 cm³/mol. The SMILES string of the molecule is CNC(=O)c1ccc(C[C@@H](CN)N(C)C)c(C)c1F. The summed E-state index contributed by atoms with van der Waals surface area (Å²) in [5.41, 5.74) is 7.19. The highest BCUT2D eigenvalue weighted by atomic mass is 19.1. The average molecular weight is 267 g/mol. The lowest BCUT2D eigenvalue weighted by atomic mass is 9.97. The van der Waals surface area contributed by atoms with Gasteiger partial charge in [-0.25, -0.2) is 4.39 Å². The summed E-state index contributed by atoms with van der Waals surface area (Å²) in [6.45, 7) is 2.20. The topological polar surface area (TPSA) is 58.4 Å². The molecule has 5 heteroatoms. The van der Waals surface area contributed by atoms with Gasteiger partial charge in [-0.1, -0.05) is 6.07 Å². The van der Waals surface area contributed by atoms with Gasteiger partial charge in [-0.3, -0.25) is 4.79 Å². The lowest BCUT2D eigenvalue weighted by molar-refractivity contribution is 0.0959. The van der Waals surface area contributed by atoms with Crippen LogP contribution >= 0.6 is 0 Å². The van der Waals surface area contributed by atoms with Crippen LogP contribution in [0.15, 0.2) is 12.1 Å². The lowest BCUT2D eigenvalue weighted by Gasteiger charge is -2.23. The third kappa shape index (κ3) is 3.52. The van der Waals surface area contributed by atoms with Gasteiger partial charge in [-0.2, -0.15) is 0 Å². The van der Waals surface area contributed by atoms with Crippen LogP contribution in [0.3, 0.4) is 0 Å². The number of hydrogen-bond donors (Lipinski definition) is 2. The maximum absolute atomic E-state index is 14.1. The number of amides is 1. The Hall–Kier alpha value is -1.46. The van der Waals surface area contributed by atoms with E-state index in [0.29, 0.717) is 18.5 Å². The highest BCUT2D eigenvalue weighted by Gasteiger charge is 2.17. The molecule has 1 amide bonds. The van der Waals surface area contributed by atoms with Crippen LogP contribution in [0.4, 0.5) is 4.39 Å². The molecule has 0 spiro atoms. The van der Waals surface area contributed by atoms with Gasteiger partial charge in [0.1, 0.15) is 5.82 Å². The van der Waals surface area contributed by atoms with Crippen molar-refractivity contribution >= 4 is 5.91 Å². The molecule has 0 saturated heterocycles. The van der Waals surface area contributed by atoms with Crippen LogP contribution in [0.2, 0.25) is 0 Å². The average Bonchev–Trinajstić information content (AvgIpc) is 2.39. The zero-order chi connectivity index (χ0) is 14.6. The molecule has 4 nitrogen and oxygen atoms in total. The Morgan fingerprint density at radius 1 is 1.47 bits per heavy atom. The van der Waals surface area contributed by atoms with Gasteiger partial charge in [0.15, 0.2) is 0 Å². The summed E-state index contributed by atoms with van der Waals surface area (Å²) in [4.78, 5) is 13.5. The number of nitrogens with one attached hydrogen (secondary N) is 1. The molecule has 3 N–H and O–H groups in total. The van der Waals surface area contributed by atoms with Gasteiger partial charge in [-0.05, 0) is 44.6 Å². The molecule has 106 valence electrons. The minimum absolute atomic E-state index is 0.0814. The summed E-state index contributed by atoms with van der Waals surface area (Å²) in [5, 5.41) is 2.43. The van der Waals surface area contributed by atoms with Crippen molar-refractivity contribution in [2.45, 2.75) is 19.4 Å². The number of nitrogens with two attached hydrogens (primary N) is 1. The number of carbonyl (C=O) groups is 1. The van der Waals surface area contributed by atoms with Crippen LogP contribution < -0.4 is 11.1 Å². The summed E-state index contributed by atoms with van der Waals surface area (Å²) in [5.74, 6) is -0.860. The van der Waals surface area contributed by atoms with Crippen molar-refractivity contribution in [3.05, 3.63) is 34.6 Å². The van der Waals surface area contributed by atoms with E-state index in [9.17, 15) is 9.18 Å². The molecule has 0 fully saturated rings. The van der Waals surface area contributed by atoms with Gasteiger partial charge in [0.05, 0.1) is 5.56 Å². The molecule has 0 heterocycles. The zero-order valence-corrected chi connectivity index (χ0v) is 12.0. The summed E-state index contributed by atoms with van der Waals surface area (Å²) in [6, 6.07) is 3.48. The summed E-state index contributed by atoms with van der Waals surface area (Å²) in [6.07, 6.45) is 0.667. The van der Waals surface area contributed by atoms with Crippen LogP contribution in [0.5, 0.6) is 0 Å². The Morgan fingerprint density at radius 2 is 2.11 bits per heavy atom. The molecule has 0 aliphatic heterocycles. The van der Waals surface area contributed by atoms with Crippen molar-refractivity contribution in [2.24, 2.45) is 5.73 Å². The Morgan fingerprint density at radius 3 is 2.58 bits per heavy atom. The fourth-order valence-corrected chi connectivity index (χ4v) is 1.99. The van der Waals surface area contributed by atoms with Crippen molar-refractivity contribution in [3.8, 4) is 0 Å². The third-order valence-electron chi connectivity index (χ3n) is 3.43. The number of rotatable bonds is 5. The number of nitrogens with zero attached hydrogens (tertiary/aromatic N) is 1. The van der Waals surface area contributed by atoms with Gasteiger partial charge in [0, 0.05) is 19.6 Å². The van der Waals surface area contributed by atoms with Gasteiger partial charge in [-0.15, -0.1) is 0 Å². The Balaban J connectivity index is 3.06. The Kier molecular flexibility index (Phi) is 5.44. The fourth-order valence-electron chi connectivity index (χ4n) is 1.99. The van der Waals surface area contributed by atoms with Crippen LogP contribution in [0.25, 0.3) is 0 Å². The second-order valence-electron chi connectivity index (χ2n) is 4.85. The molecule has 0 aliphatic rings. The van der Waals surface area contributed by atoms with Crippen LogP contribution in [0, 0.1) is 12.7 Å². The molecule has 1 rings (SSSR count). The first-order chi connectivity index (χ1) is 8.92. The van der Waals surface area contributed by atoms with E-state index in [1.165, 1.54) is 13.1 Å². The molecule has 19 heavy (non-hydrogen) atoms. The molecule has 0 unspecified atom stereocenters. The molecule has 1 aromatic rings. The second-order valence-corrected chi connectivity index (χ2v) is 4.85. The quantitative estimate of drug-likeness (QED) is 0.834. The largest absolute Gasteiger partial charge is 0.355 e. The van der Waals surface area contributed by atoms with Crippen LogP contribution in [-0.4, -0.2) is 44.5 Å². The van der Waals surface area contributed by atoms with E-state index in [1.54, 1.807) is 13.0 Å². The van der Waals surface area contributed by atoms with Gasteiger partial charge >= 0.3 is 0 Å². The highest BCUT2D eigenvalue weighted by molar-refractivity contribution is 5.94. The molecule has 0 aliphatic carbocycles. The van der Waals surface area contributed by atoms with E-state index in [4.69, 9.17) is 5.73 Å². The van der Waals surface area contributed by atoms with Gasteiger partial charge < -0.3 is 16.0 Å². The first-order valence-electron chi connectivity index (χ1n) is 6.28. The number of carbonyl (C=O) groups excluding carboxylic acids is 1. The van der Waals surface area contributed by atoms with Crippen molar-refractivity contribution in [1.82, 2.24) is 10.2 Å². The summed E-state index contributed by atoms with van der Waals surface area (Å²) >= 11 is 0. The number of likely N-dealkylation sites (N-methyl/N-ethyl adjacent to an activating group) is 1. The molecule has 0 aromatic heterocycles. The fraction of sp³-hybridized carbons (Fsp3) is 0.500. The molecule has 1 aromatic carbocycles. The monoisotopic (exact) mass is 267 g/mol. The van der Waals surface area contributed by atoms with E-state index in [0.717, 1.165) is 5.56 Å². The van der Waals surface area contributed by atoms with Gasteiger partial charge in [0.25, 0.3) is 5.91 Å². The predicted octanol–water partition coefficient (Wildman–Crippen LogP) is 0.925. The van der Waals surface area contributed by atoms with Crippen molar-refractivity contribution in [2.75, 3.05) is 27.7 Å². The standard InChI is InChI=1S/C14H22FN3O/c1-9-10(7-11(8-16)18(3)4)5-6-12(13(9)15)14(19)17-2/h5-6,11H,7-8,16H2,1-4H3,(H,17,19)/t11-/m0/s1. The maximum Gasteiger partial charge on any atom is 0.254 e. The first-order valence-corrected chi connectivity index (χ1v) is 6.28. The number of hydrogen-bond acceptors (Lipinski definition) is 3. The highest BCUT2D eigenvalue weighted by Crippen LogP contribution is 2.19. The maximum atomic E-state index is 14.1. The van der Waals surface area contributed by atoms with Crippen molar-refractivity contribution < 1.29 is 9.18 Å². The van der Waals surface area contributed by atoms with E-state index in [2.05, 4.69) is 5.32 Å². The Bertz CT molecular complexity index is 460. The smallest absolute Gasteiger partial charge is 0.254 e. The van der Waals surface area contributed by atoms with Crippen molar-refractivity contribution in [3.63, 3.8) is 0 Å². The molecule has 0 saturated carbocycles. The summed E-state index contributed by atoms with van der Waals surface area (Å²) < 4.78 is 14.1. The first kappa shape index (κ1) is 15.6. The van der Waals surface area contributed by atoms with E-state index in [1.807, 2.05) is 19.0 Å². The van der Waals surface area contributed by atoms with Gasteiger partial charge in [0.2, 0.25) is 0 Å². The number of benzene rings is 1. The molecular weight excluding hydrogens is 245 g/mol. The minimum atomic E-state index is -0.452. The molecule has 1 atom stereocenters. The molecule has 0 bridgehead atoms. The molecule has 0 radical (unpaired) electrons. The second kappa shape index (κ2) is 6.63. The zero-order valence-electron chi connectivity index (χ0n) is 12.0. The molecular formula is C14H22FN3O. The van der Waals surface area contributed by atoms with Crippen LogP contribution in [0.1, 0.15) is 21.5 Å². The van der Waals surface area contributed by atoms with Crippen molar-refractivity contribution in [1.29, 1.82) is 0 Å². The van der Waals surface area contributed by atoms with E-state index >= 15 is 0 Å². The lowest BCUT2D eigenvalue weighted by Crippen LogP contribution is -2.37. The normalized spacial score (nSPS) is 12.6. The minimum Gasteiger partial charge on any atom is -0.355 e.